The Morgan fingerprint density at radius 3 is 2.91 bits per heavy atom. The second kappa shape index (κ2) is 4.07. The summed E-state index contributed by atoms with van der Waals surface area (Å²) in [4.78, 5) is 0. The van der Waals surface area contributed by atoms with Crippen molar-refractivity contribution < 1.29 is 9.84 Å². The Morgan fingerprint density at radius 1 is 1.45 bits per heavy atom. The Morgan fingerprint density at radius 2 is 2.27 bits per heavy atom. The number of hydrogen-bond acceptors (Lipinski definition) is 2. The van der Waals surface area contributed by atoms with E-state index in [4.69, 9.17) is 4.74 Å². The maximum absolute atomic E-state index is 9.19. The van der Waals surface area contributed by atoms with Crippen molar-refractivity contribution in [3.05, 3.63) is 0 Å². The average molecular weight is 158 g/mol. The van der Waals surface area contributed by atoms with Crippen LogP contribution in [0.3, 0.4) is 0 Å². The van der Waals surface area contributed by atoms with E-state index in [-0.39, 0.29) is 12.0 Å². The molecule has 1 aliphatic rings. The SMILES string of the molecule is CCC1(CO)CCCCOC1. The molecule has 0 bridgehead atoms. The minimum Gasteiger partial charge on any atom is -0.396 e. The van der Waals surface area contributed by atoms with Crippen LogP contribution >= 0.6 is 0 Å². The zero-order chi connectivity index (χ0) is 8.16. The second-order valence-corrected chi connectivity index (χ2v) is 3.52. The molecule has 1 saturated heterocycles. The van der Waals surface area contributed by atoms with Crippen LogP contribution in [0.5, 0.6) is 0 Å². The van der Waals surface area contributed by atoms with Crippen LogP contribution in [0.4, 0.5) is 0 Å². The Bertz CT molecular complexity index is 98.1. The van der Waals surface area contributed by atoms with Gasteiger partial charge in [0.15, 0.2) is 0 Å². The van der Waals surface area contributed by atoms with E-state index in [9.17, 15) is 5.11 Å². The molecule has 0 amide bonds. The molecule has 66 valence electrons. The predicted octanol–water partition coefficient (Wildman–Crippen LogP) is 1.58. The fourth-order valence-electron chi connectivity index (χ4n) is 1.58. The van der Waals surface area contributed by atoms with Crippen molar-refractivity contribution in [2.45, 2.75) is 32.6 Å². The van der Waals surface area contributed by atoms with Crippen LogP contribution in [0.1, 0.15) is 32.6 Å². The molecule has 0 aromatic heterocycles. The number of hydrogen-bond donors (Lipinski definition) is 1. The van der Waals surface area contributed by atoms with Gasteiger partial charge in [-0.1, -0.05) is 13.3 Å². The van der Waals surface area contributed by atoms with Gasteiger partial charge in [-0.2, -0.15) is 0 Å². The van der Waals surface area contributed by atoms with Crippen molar-refractivity contribution in [3.8, 4) is 0 Å². The van der Waals surface area contributed by atoms with Crippen molar-refractivity contribution >= 4 is 0 Å². The van der Waals surface area contributed by atoms with Gasteiger partial charge >= 0.3 is 0 Å². The zero-order valence-electron chi connectivity index (χ0n) is 7.31. The lowest BCUT2D eigenvalue weighted by Crippen LogP contribution is -2.29. The summed E-state index contributed by atoms with van der Waals surface area (Å²) in [6, 6.07) is 0. The average Bonchev–Trinajstić information content (AvgIpc) is 2.30. The molecule has 0 aromatic rings. The second-order valence-electron chi connectivity index (χ2n) is 3.52. The molecule has 11 heavy (non-hydrogen) atoms. The van der Waals surface area contributed by atoms with Gasteiger partial charge in [-0.05, 0) is 19.3 Å². The Balaban J connectivity index is 2.49. The number of rotatable bonds is 2. The van der Waals surface area contributed by atoms with Crippen molar-refractivity contribution in [2.75, 3.05) is 19.8 Å². The van der Waals surface area contributed by atoms with Gasteiger partial charge in [0.1, 0.15) is 0 Å². The van der Waals surface area contributed by atoms with Gasteiger partial charge in [-0.3, -0.25) is 0 Å². The topological polar surface area (TPSA) is 29.5 Å². The molecule has 2 nitrogen and oxygen atoms in total. The van der Waals surface area contributed by atoms with Crippen LogP contribution in [0.25, 0.3) is 0 Å². The highest BCUT2D eigenvalue weighted by molar-refractivity contribution is 4.78. The molecule has 1 fully saturated rings. The quantitative estimate of drug-likeness (QED) is 0.661. The van der Waals surface area contributed by atoms with E-state index in [1.807, 2.05) is 0 Å². The van der Waals surface area contributed by atoms with Crippen LogP contribution in [0, 0.1) is 5.41 Å². The van der Waals surface area contributed by atoms with Crippen LogP contribution < -0.4 is 0 Å². The van der Waals surface area contributed by atoms with Gasteiger partial charge in [0, 0.05) is 12.0 Å². The highest BCUT2D eigenvalue weighted by Gasteiger charge is 2.28. The van der Waals surface area contributed by atoms with Gasteiger partial charge in [-0.25, -0.2) is 0 Å². The van der Waals surface area contributed by atoms with Crippen molar-refractivity contribution in [3.63, 3.8) is 0 Å². The first-order chi connectivity index (χ1) is 5.33. The zero-order valence-corrected chi connectivity index (χ0v) is 7.31. The summed E-state index contributed by atoms with van der Waals surface area (Å²) in [7, 11) is 0. The van der Waals surface area contributed by atoms with Crippen LogP contribution in [-0.4, -0.2) is 24.9 Å². The molecule has 1 N–H and O–H groups in total. The van der Waals surface area contributed by atoms with E-state index in [0.717, 1.165) is 32.5 Å². The van der Waals surface area contributed by atoms with Crippen LogP contribution in [-0.2, 0) is 4.74 Å². The van der Waals surface area contributed by atoms with Gasteiger partial charge < -0.3 is 9.84 Å². The highest BCUT2D eigenvalue weighted by Crippen LogP contribution is 2.30. The molecule has 1 aliphatic heterocycles. The molecule has 2 heteroatoms. The molecule has 1 atom stereocenters. The van der Waals surface area contributed by atoms with Gasteiger partial charge in [-0.15, -0.1) is 0 Å². The van der Waals surface area contributed by atoms with Gasteiger partial charge in [0.2, 0.25) is 0 Å². The molecular weight excluding hydrogens is 140 g/mol. The first-order valence-electron chi connectivity index (χ1n) is 4.51. The summed E-state index contributed by atoms with van der Waals surface area (Å²) in [5, 5.41) is 9.19. The van der Waals surface area contributed by atoms with Crippen molar-refractivity contribution in [1.82, 2.24) is 0 Å². The third kappa shape index (κ3) is 2.17. The summed E-state index contributed by atoms with van der Waals surface area (Å²) in [6.45, 7) is 4.04. The molecule has 1 heterocycles. The first-order valence-corrected chi connectivity index (χ1v) is 4.51. The standard InChI is InChI=1S/C9H18O2/c1-2-9(7-10)5-3-4-6-11-8-9/h10H,2-8H2,1H3. The Labute approximate surface area is 68.6 Å². The molecular formula is C9H18O2. The number of aliphatic hydroxyl groups excluding tert-OH is 1. The normalized spacial score (nSPS) is 33.3. The third-order valence-electron chi connectivity index (χ3n) is 2.74. The third-order valence-corrected chi connectivity index (χ3v) is 2.74. The molecule has 0 aromatic carbocycles. The fourth-order valence-corrected chi connectivity index (χ4v) is 1.58. The van der Waals surface area contributed by atoms with Gasteiger partial charge in [0.25, 0.3) is 0 Å². The summed E-state index contributed by atoms with van der Waals surface area (Å²) < 4.78 is 5.43. The number of ether oxygens (including phenoxy) is 1. The molecule has 0 radical (unpaired) electrons. The largest absolute Gasteiger partial charge is 0.396 e. The first kappa shape index (κ1) is 9.01. The van der Waals surface area contributed by atoms with Crippen molar-refractivity contribution in [2.24, 2.45) is 5.41 Å². The predicted molar refractivity (Wildman–Crippen MR) is 44.5 cm³/mol. The van der Waals surface area contributed by atoms with E-state index in [0.29, 0.717) is 0 Å². The Hall–Kier alpha value is -0.0800. The van der Waals surface area contributed by atoms with Crippen LogP contribution in [0.2, 0.25) is 0 Å². The highest BCUT2D eigenvalue weighted by atomic mass is 16.5. The minimum absolute atomic E-state index is 0.0799. The molecule has 0 aliphatic carbocycles. The lowest BCUT2D eigenvalue weighted by atomic mass is 9.82. The summed E-state index contributed by atoms with van der Waals surface area (Å²) >= 11 is 0. The molecule has 0 spiro atoms. The Kier molecular flexibility index (Phi) is 3.34. The maximum Gasteiger partial charge on any atom is 0.0544 e. The van der Waals surface area contributed by atoms with E-state index in [1.165, 1.54) is 6.42 Å². The molecule has 0 saturated carbocycles. The lowest BCUT2D eigenvalue weighted by Gasteiger charge is -2.27. The van der Waals surface area contributed by atoms with E-state index >= 15 is 0 Å². The monoisotopic (exact) mass is 158 g/mol. The molecule has 1 rings (SSSR count). The number of aliphatic hydroxyl groups is 1. The lowest BCUT2D eigenvalue weighted by molar-refractivity contribution is 0.0166. The summed E-state index contributed by atoms with van der Waals surface area (Å²) in [6.07, 6.45) is 4.51. The van der Waals surface area contributed by atoms with Crippen LogP contribution in [0.15, 0.2) is 0 Å². The smallest absolute Gasteiger partial charge is 0.0544 e. The molecule has 1 unspecified atom stereocenters. The van der Waals surface area contributed by atoms with Gasteiger partial charge in [0.05, 0.1) is 13.2 Å². The van der Waals surface area contributed by atoms with E-state index in [1.54, 1.807) is 0 Å². The van der Waals surface area contributed by atoms with E-state index < -0.39 is 0 Å². The van der Waals surface area contributed by atoms with E-state index in [2.05, 4.69) is 6.92 Å². The maximum atomic E-state index is 9.19. The summed E-state index contributed by atoms with van der Waals surface area (Å²) in [5.74, 6) is 0. The minimum atomic E-state index is 0.0799. The fraction of sp³-hybridized carbons (Fsp3) is 1.00. The summed E-state index contributed by atoms with van der Waals surface area (Å²) in [5.41, 5.74) is 0.0799. The van der Waals surface area contributed by atoms with Crippen molar-refractivity contribution in [1.29, 1.82) is 0 Å².